The molecule has 1 saturated heterocycles. The number of nitrogens with zero attached hydrogens (tertiary/aromatic N) is 3. The molecular formula is C20H16ClFN4O4. The van der Waals surface area contributed by atoms with E-state index in [0.717, 1.165) is 6.07 Å². The van der Waals surface area contributed by atoms with Crippen LogP contribution in [0.3, 0.4) is 0 Å². The minimum Gasteiger partial charge on any atom is -0.345 e. The molecule has 2 aromatic carbocycles. The van der Waals surface area contributed by atoms with E-state index in [2.05, 4.69) is 4.98 Å². The van der Waals surface area contributed by atoms with Gasteiger partial charge in [0.05, 0.1) is 15.5 Å². The van der Waals surface area contributed by atoms with Gasteiger partial charge >= 0.3 is 0 Å². The Morgan fingerprint density at radius 2 is 1.70 bits per heavy atom. The second kappa shape index (κ2) is 7.75. The number of non-ortho nitro benzene ring substituents is 1. The Hall–Kier alpha value is -3.46. The molecule has 3 aromatic rings. The molecule has 4 rings (SSSR count). The fourth-order valence-corrected chi connectivity index (χ4v) is 3.77. The highest BCUT2D eigenvalue weighted by atomic mass is 35.5. The van der Waals surface area contributed by atoms with Gasteiger partial charge in [0.1, 0.15) is 17.0 Å². The van der Waals surface area contributed by atoms with Crippen LogP contribution in [-0.4, -0.2) is 57.7 Å². The lowest BCUT2D eigenvalue weighted by Gasteiger charge is -2.34. The molecule has 2 heterocycles. The van der Waals surface area contributed by atoms with E-state index in [1.165, 1.54) is 18.2 Å². The molecule has 0 spiro atoms. The van der Waals surface area contributed by atoms with Crippen molar-refractivity contribution in [1.82, 2.24) is 14.8 Å². The number of carbonyl (C=O) groups excluding carboxylic acids is 2. The van der Waals surface area contributed by atoms with Crippen molar-refractivity contribution >= 4 is 40.0 Å². The lowest BCUT2D eigenvalue weighted by Crippen LogP contribution is -2.50. The molecule has 8 nitrogen and oxygen atoms in total. The molecule has 1 aliphatic heterocycles. The van der Waals surface area contributed by atoms with Crippen molar-refractivity contribution < 1.29 is 18.9 Å². The second-order valence-electron chi connectivity index (χ2n) is 6.89. The van der Waals surface area contributed by atoms with Crippen LogP contribution in [-0.2, 0) is 0 Å². The fourth-order valence-electron chi connectivity index (χ4n) is 3.52. The molecule has 2 amide bonds. The van der Waals surface area contributed by atoms with E-state index in [0.29, 0.717) is 37.1 Å². The highest BCUT2D eigenvalue weighted by molar-refractivity contribution is 6.33. The number of fused-ring (bicyclic) bond motifs is 1. The third kappa shape index (κ3) is 3.59. The van der Waals surface area contributed by atoms with E-state index >= 15 is 0 Å². The number of halogens is 2. The Labute approximate surface area is 175 Å². The minimum atomic E-state index is -0.523. The Morgan fingerprint density at radius 3 is 2.33 bits per heavy atom. The lowest BCUT2D eigenvalue weighted by molar-refractivity contribution is -0.383. The summed E-state index contributed by atoms with van der Waals surface area (Å²) in [6.07, 6.45) is 0. The lowest BCUT2D eigenvalue weighted by atomic mass is 10.1. The molecule has 0 bridgehead atoms. The maximum absolute atomic E-state index is 13.2. The van der Waals surface area contributed by atoms with Crippen LogP contribution in [0.25, 0.3) is 10.9 Å². The number of nitrogens with one attached hydrogen (secondary N) is 1. The van der Waals surface area contributed by atoms with Gasteiger partial charge in [0, 0.05) is 37.6 Å². The Kier molecular flexibility index (Phi) is 5.13. The van der Waals surface area contributed by atoms with Crippen LogP contribution in [0, 0.1) is 15.9 Å². The summed E-state index contributed by atoms with van der Waals surface area (Å²) in [5.74, 6) is -1.15. The summed E-state index contributed by atoms with van der Waals surface area (Å²) in [4.78, 5) is 42.1. The molecule has 0 aliphatic carbocycles. The zero-order valence-electron chi connectivity index (χ0n) is 15.6. The van der Waals surface area contributed by atoms with Crippen LogP contribution in [0.2, 0.25) is 5.02 Å². The molecule has 0 radical (unpaired) electrons. The average Bonchev–Trinajstić information content (AvgIpc) is 3.17. The zero-order chi connectivity index (χ0) is 21.4. The highest BCUT2D eigenvalue weighted by Gasteiger charge is 2.28. The van der Waals surface area contributed by atoms with Gasteiger partial charge in [-0.1, -0.05) is 23.7 Å². The van der Waals surface area contributed by atoms with Gasteiger partial charge < -0.3 is 14.8 Å². The van der Waals surface area contributed by atoms with E-state index in [1.54, 1.807) is 28.0 Å². The first-order valence-electron chi connectivity index (χ1n) is 9.15. The summed E-state index contributed by atoms with van der Waals surface area (Å²) in [5, 5.41) is 11.8. The normalized spacial score (nSPS) is 14.2. The number of hydrogen-bond acceptors (Lipinski definition) is 4. The third-order valence-corrected chi connectivity index (χ3v) is 5.39. The maximum atomic E-state index is 13.2. The highest BCUT2D eigenvalue weighted by Crippen LogP contribution is 2.26. The van der Waals surface area contributed by atoms with Crippen LogP contribution < -0.4 is 0 Å². The summed E-state index contributed by atoms with van der Waals surface area (Å²) in [6.45, 7) is 1.17. The molecule has 154 valence electrons. The Morgan fingerprint density at radius 1 is 1.03 bits per heavy atom. The number of carbonyl (C=O) groups is 2. The topological polar surface area (TPSA) is 99.5 Å². The summed E-state index contributed by atoms with van der Waals surface area (Å²) in [7, 11) is 0. The first-order chi connectivity index (χ1) is 14.3. The Bertz CT molecular complexity index is 1170. The zero-order valence-corrected chi connectivity index (χ0v) is 16.4. The first-order valence-corrected chi connectivity index (χ1v) is 9.52. The predicted molar refractivity (Wildman–Crippen MR) is 108 cm³/mol. The van der Waals surface area contributed by atoms with Gasteiger partial charge in [-0.3, -0.25) is 19.7 Å². The minimum absolute atomic E-state index is 0.0400. The maximum Gasteiger partial charge on any atom is 0.293 e. The number of amides is 2. The summed E-state index contributed by atoms with van der Waals surface area (Å²) < 4.78 is 13.2. The van der Waals surface area contributed by atoms with Gasteiger partial charge in [-0.15, -0.1) is 0 Å². The van der Waals surface area contributed by atoms with Crippen LogP contribution in [0.5, 0.6) is 0 Å². The molecule has 0 atom stereocenters. The number of aromatic nitrogens is 1. The van der Waals surface area contributed by atoms with Crippen molar-refractivity contribution in [2.45, 2.75) is 0 Å². The van der Waals surface area contributed by atoms with Crippen LogP contribution >= 0.6 is 11.6 Å². The molecule has 1 aromatic heterocycles. The number of aromatic amines is 1. The number of H-pyrrole nitrogens is 1. The molecular weight excluding hydrogens is 415 g/mol. The van der Waals surface area contributed by atoms with Crippen molar-refractivity contribution in [3.63, 3.8) is 0 Å². The van der Waals surface area contributed by atoms with E-state index in [9.17, 15) is 24.1 Å². The van der Waals surface area contributed by atoms with E-state index in [-0.39, 0.29) is 33.8 Å². The number of piperazine rings is 1. The van der Waals surface area contributed by atoms with Crippen LogP contribution in [0.15, 0.2) is 42.5 Å². The molecule has 1 aliphatic rings. The van der Waals surface area contributed by atoms with Crippen LogP contribution in [0.4, 0.5) is 10.1 Å². The van der Waals surface area contributed by atoms with Crippen molar-refractivity contribution in [3.05, 3.63) is 74.7 Å². The quantitative estimate of drug-likeness (QED) is 0.508. The van der Waals surface area contributed by atoms with E-state index in [1.807, 2.05) is 0 Å². The monoisotopic (exact) mass is 430 g/mol. The smallest absolute Gasteiger partial charge is 0.293 e. The van der Waals surface area contributed by atoms with Gasteiger partial charge in [-0.05, 0) is 24.3 Å². The average molecular weight is 431 g/mol. The number of rotatable bonds is 3. The van der Waals surface area contributed by atoms with Gasteiger partial charge in [-0.2, -0.15) is 0 Å². The predicted octanol–water partition coefficient (Wildman–Crippen LogP) is 3.47. The molecule has 10 heteroatoms. The fraction of sp³-hybridized carbons (Fsp3) is 0.200. The number of nitro groups is 1. The molecule has 1 N–H and O–H groups in total. The molecule has 30 heavy (non-hydrogen) atoms. The number of nitro benzene ring substituents is 1. The van der Waals surface area contributed by atoms with Gasteiger partial charge in [-0.25, -0.2) is 4.39 Å². The van der Waals surface area contributed by atoms with Crippen LogP contribution in [0.1, 0.15) is 20.8 Å². The molecule has 0 unspecified atom stereocenters. The standard InChI is InChI=1S/C20H16ClFN4O4/c21-15-11-13(22)4-5-14(15)19(27)24-6-8-25(9-7-24)20(28)16-10-12-2-1-3-17(26(29)30)18(12)23-16/h1-5,10-11,23H,6-9H2. The largest absolute Gasteiger partial charge is 0.345 e. The molecule has 0 saturated carbocycles. The third-order valence-electron chi connectivity index (χ3n) is 5.08. The second-order valence-corrected chi connectivity index (χ2v) is 7.30. The SMILES string of the molecule is O=C(c1cc2cccc([N+](=O)[O-])c2[nH]1)N1CCN(C(=O)c2ccc(F)cc2Cl)CC1. The number of para-hydroxylation sites is 1. The van der Waals surface area contributed by atoms with Gasteiger partial charge in [0.2, 0.25) is 0 Å². The summed E-state index contributed by atoms with van der Waals surface area (Å²) >= 11 is 5.97. The van der Waals surface area contributed by atoms with E-state index in [4.69, 9.17) is 11.6 Å². The van der Waals surface area contributed by atoms with E-state index < -0.39 is 10.7 Å². The van der Waals surface area contributed by atoms with Gasteiger partial charge in [0.25, 0.3) is 17.5 Å². The number of hydrogen-bond donors (Lipinski definition) is 1. The Balaban J connectivity index is 1.47. The molecule has 1 fully saturated rings. The first kappa shape index (κ1) is 19.8. The van der Waals surface area contributed by atoms with Crippen molar-refractivity contribution in [3.8, 4) is 0 Å². The summed E-state index contributed by atoms with van der Waals surface area (Å²) in [5.41, 5.74) is 0.658. The van der Waals surface area contributed by atoms with Crippen molar-refractivity contribution in [2.24, 2.45) is 0 Å². The van der Waals surface area contributed by atoms with Crippen molar-refractivity contribution in [1.29, 1.82) is 0 Å². The van der Waals surface area contributed by atoms with Crippen molar-refractivity contribution in [2.75, 3.05) is 26.2 Å². The number of benzene rings is 2. The summed E-state index contributed by atoms with van der Waals surface area (Å²) in [6, 6.07) is 9.82. The van der Waals surface area contributed by atoms with Gasteiger partial charge in [0.15, 0.2) is 0 Å².